The Kier molecular flexibility index (Phi) is 3.07. The first kappa shape index (κ1) is 13.2. The number of alkyl halides is 6. The monoisotopic (exact) mass is 268 g/mol. The smallest absolute Gasteiger partial charge is 0.170 e. The van der Waals surface area contributed by atoms with Gasteiger partial charge in [0.1, 0.15) is 0 Å². The Morgan fingerprint density at radius 3 is 2.06 bits per heavy atom. The summed E-state index contributed by atoms with van der Waals surface area (Å²) >= 11 is 0. The summed E-state index contributed by atoms with van der Waals surface area (Å²) in [6.07, 6.45) is -10.4. The second kappa shape index (κ2) is 4.17. The molecule has 1 aliphatic carbocycles. The van der Waals surface area contributed by atoms with Gasteiger partial charge in [0, 0.05) is 5.92 Å². The SMILES string of the molecule is FC(F)(F)C(C1CCc2ccccc21)C(F)(F)F. The lowest BCUT2D eigenvalue weighted by molar-refractivity contribution is -0.290. The van der Waals surface area contributed by atoms with E-state index in [-0.39, 0.29) is 18.4 Å². The Balaban J connectivity index is 2.41. The quantitative estimate of drug-likeness (QED) is 0.660. The van der Waals surface area contributed by atoms with Crippen LogP contribution in [0.2, 0.25) is 0 Å². The molecule has 6 heteroatoms. The van der Waals surface area contributed by atoms with E-state index in [1.807, 2.05) is 0 Å². The summed E-state index contributed by atoms with van der Waals surface area (Å²) in [5.41, 5.74) is 0.762. The molecule has 1 aliphatic rings. The van der Waals surface area contributed by atoms with Crippen LogP contribution < -0.4 is 0 Å². The number of benzene rings is 1. The first-order chi connectivity index (χ1) is 8.21. The molecule has 0 amide bonds. The normalized spacial score (nSPS) is 20.3. The van der Waals surface area contributed by atoms with Crippen molar-refractivity contribution in [3.63, 3.8) is 0 Å². The highest BCUT2D eigenvalue weighted by molar-refractivity contribution is 5.35. The second-order valence-corrected chi connectivity index (χ2v) is 4.40. The number of halogens is 6. The van der Waals surface area contributed by atoms with Crippen LogP contribution in [-0.2, 0) is 6.42 Å². The molecule has 100 valence electrons. The van der Waals surface area contributed by atoms with E-state index in [4.69, 9.17) is 0 Å². The minimum atomic E-state index is -5.26. The number of hydrogen-bond acceptors (Lipinski definition) is 0. The summed E-state index contributed by atoms with van der Waals surface area (Å²) in [7, 11) is 0. The van der Waals surface area contributed by atoms with Gasteiger partial charge in [-0.3, -0.25) is 0 Å². The minimum absolute atomic E-state index is 0.108. The molecule has 0 saturated heterocycles. The zero-order valence-corrected chi connectivity index (χ0v) is 9.15. The average molecular weight is 268 g/mol. The topological polar surface area (TPSA) is 0 Å². The van der Waals surface area contributed by atoms with E-state index in [9.17, 15) is 26.3 Å². The van der Waals surface area contributed by atoms with Crippen LogP contribution in [0.4, 0.5) is 26.3 Å². The van der Waals surface area contributed by atoms with E-state index >= 15 is 0 Å². The Morgan fingerprint density at radius 2 is 1.50 bits per heavy atom. The summed E-state index contributed by atoms with van der Waals surface area (Å²) in [4.78, 5) is 0. The van der Waals surface area contributed by atoms with Gasteiger partial charge in [0.2, 0.25) is 0 Å². The molecule has 0 heterocycles. The summed E-state index contributed by atoms with van der Waals surface area (Å²) in [5.74, 6) is -4.78. The van der Waals surface area contributed by atoms with Crippen molar-refractivity contribution in [3.05, 3.63) is 35.4 Å². The fraction of sp³-hybridized carbons (Fsp3) is 0.500. The largest absolute Gasteiger partial charge is 0.401 e. The molecule has 0 saturated carbocycles. The maximum Gasteiger partial charge on any atom is 0.401 e. The molecular formula is C12H10F6. The van der Waals surface area contributed by atoms with E-state index in [0.29, 0.717) is 5.56 Å². The predicted octanol–water partition coefficient (Wildman–Crippen LogP) is 4.46. The molecule has 0 bridgehead atoms. The lowest BCUT2D eigenvalue weighted by atomic mass is 9.86. The molecule has 0 fully saturated rings. The number of aryl methyl sites for hydroxylation is 1. The Morgan fingerprint density at radius 1 is 0.944 bits per heavy atom. The molecule has 0 aliphatic heterocycles. The van der Waals surface area contributed by atoms with E-state index in [1.165, 1.54) is 12.1 Å². The molecule has 1 atom stereocenters. The molecule has 1 unspecified atom stereocenters. The highest BCUT2D eigenvalue weighted by atomic mass is 19.4. The molecule has 0 spiro atoms. The first-order valence-corrected chi connectivity index (χ1v) is 5.42. The zero-order chi connectivity index (χ0) is 13.6. The Hall–Kier alpha value is -1.20. The summed E-state index contributed by atoms with van der Waals surface area (Å²) in [6.45, 7) is 0. The number of fused-ring (bicyclic) bond motifs is 1. The molecule has 0 nitrogen and oxygen atoms in total. The highest BCUT2D eigenvalue weighted by Gasteiger charge is 2.60. The van der Waals surface area contributed by atoms with Crippen LogP contribution in [0.5, 0.6) is 0 Å². The Labute approximate surface area is 99.6 Å². The molecule has 0 aromatic heterocycles. The highest BCUT2D eigenvalue weighted by Crippen LogP contribution is 2.51. The van der Waals surface area contributed by atoms with Gasteiger partial charge in [-0.2, -0.15) is 26.3 Å². The second-order valence-electron chi connectivity index (χ2n) is 4.40. The lowest BCUT2D eigenvalue weighted by Crippen LogP contribution is -2.40. The summed E-state index contributed by atoms with van der Waals surface area (Å²) in [6, 6.07) is 6.04. The van der Waals surface area contributed by atoms with Crippen molar-refractivity contribution >= 4 is 0 Å². The van der Waals surface area contributed by atoms with E-state index in [1.54, 1.807) is 12.1 Å². The van der Waals surface area contributed by atoms with Crippen molar-refractivity contribution in [2.45, 2.75) is 31.1 Å². The van der Waals surface area contributed by atoms with Crippen LogP contribution in [0.1, 0.15) is 23.5 Å². The van der Waals surface area contributed by atoms with Crippen molar-refractivity contribution in [1.29, 1.82) is 0 Å². The van der Waals surface area contributed by atoms with Crippen LogP contribution in [-0.4, -0.2) is 12.4 Å². The number of rotatable bonds is 1. The zero-order valence-electron chi connectivity index (χ0n) is 9.15. The van der Waals surface area contributed by atoms with E-state index in [0.717, 1.165) is 0 Å². The minimum Gasteiger partial charge on any atom is -0.170 e. The third kappa shape index (κ3) is 2.33. The molecule has 18 heavy (non-hydrogen) atoms. The van der Waals surface area contributed by atoms with Gasteiger partial charge in [-0.15, -0.1) is 0 Å². The summed E-state index contributed by atoms with van der Waals surface area (Å²) in [5, 5.41) is 0. The van der Waals surface area contributed by atoms with Crippen molar-refractivity contribution < 1.29 is 26.3 Å². The van der Waals surface area contributed by atoms with Crippen molar-refractivity contribution in [2.24, 2.45) is 5.92 Å². The summed E-state index contributed by atoms with van der Waals surface area (Å²) < 4.78 is 75.9. The van der Waals surface area contributed by atoms with Crippen LogP contribution >= 0.6 is 0 Å². The lowest BCUT2D eigenvalue weighted by Gasteiger charge is -2.28. The first-order valence-electron chi connectivity index (χ1n) is 5.42. The van der Waals surface area contributed by atoms with Gasteiger partial charge in [0.05, 0.1) is 0 Å². The van der Waals surface area contributed by atoms with Gasteiger partial charge in [0.15, 0.2) is 5.92 Å². The van der Waals surface area contributed by atoms with Crippen molar-refractivity contribution in [1.82, 2.24) is 0 Å². The van der Waals surface area contributed by atoms with Crippen LogP contribution in [0, 0.1) is 5.92 Å². The fourth-order valence-corrected chi connectivity index (χ4v) is 2.58. The molecule has 0 N–H and O–H groups in total. The van der Waals surface area contributed by atoms with Crippen LogP contribution in [0.3, 0.4) is 0 Å². The average Bonchev–Trinajstić information content (AvgIpc) is 2.58. The van der Waals surface area contributed by atoms with Gasteiger partial charge in [-0.25, -0.2) is 0 Å². The third-order valence-electron chi connectivity index (χ3n) is 3.29. The van der Waals surface area contributed by atoms with E-state index in [2.05, 4.69) is 0 Å². The van der Waals surface area contributed by atoms with Crippen LogP contribution in [0.25, 0.3) is 0 Å². The van der Waals surface area contributed by atoms with Gasteiger partial charge >= 0.3 is 12.4 Å². The fourth-order valence-electron chi connectivity index (χ4n) is 2.58. The standard InChI is InChI=1S/C12H10F6/c13-11(14,15)10(12(16,17)18)9-6-5-7-3-1-2-4-8(7)9/h1-4,9-10H,5-6H2. The third-order valence-corrected chi connectivity index (χ3v) is 3.29. The van der Waals surface area contributed by atoms with Gasteiger partial charge < -0.3 is 0 Å². The van der Waals surface area contributed by atoms with Gasteiger partial charge in [-0.1, -0.05) is 24.3 Å². The Bertz CT molecular complexity index is 417. The van der Waals surface area contributed by atoms with Gasteiger partial charge in [0.25, 0.3) is 0 Å². The molecule has 1 aromatic carbocycles. The maximum absolute atomic E-state index is 12.6. The molecule has 2 rings (SSSR count). The molecule has 0 radical (unpaired) electrons. The van der Waals surface area contributed by atoms with Gasteiger partial charge in [-0.05, 0) is 24.0 Å². The van der Waals surface area contributed by atoms with E-state index < -0.39 is 24.2 Å². The van der Waals surface area contributed by atoms with Crippen molar-refractivity contribution in [2.75, 3.05) is 0 Å². The predicted molar refractivity (Wildman–Crippen MR) is 53.1 cm³/mol. The molecule has 1 aromatic rings. The number of hydrogen-bond donors (Lipinski definition) is 0. The maximum atomic E-state index is 12.6. The molecular weight excluding hydrogens is 258 g/mol. The van der Waals surface area contributed by atoms with Crippen molar-refractivity contribution in [3.8, 4) is 0 Å². The van der Waals surface area contributed by atoms with Crippen LogP contribution in [0.15, 0.2) is 24.3 Å².